The van der Waals surface area contributed by atoms with Gasteiger partial charge in [-0.25, -0.2) is 27.9 Å². The van der Waals surface area contributed by atoms with E-state index in [1.807, 2.05) is 30.3 Å². The SMILES string of the molecule is CC(C)OC(=O)OC(C)CC(C)(C)C(=O)N=CC1CC(CNC(=O)[C@@H]2CCCN2C(=O)[C@@H](Cc2ccccc2)NS(C)(=O)=O)CCN1N. The van der Waals surface area contributed by atoms with Crippen molar-refractivity contribution in [3.63, 3.8) is 0 Å². The van der Waals surface area contributed by atoms with Gasteiger partial charge >= 0.3 is 6.16 Å². The minimum absolute atomic E-state index is 0.0528. The average Bonchev–Trinajstić information content (AvgIpc) is 3.48. The van der Waals surface area contributed by atoms with Crippen LogP contribution in [0.1, 0.15) is 72.3 Å². The van der Waals surface area contributed by atoms with E-state index in [-0.39, 0.29) is 42.7 Å². The third kappa shape index (κ3) is 12.2. The van der Waals surface area contributed by atoms with Crippen molar-refractivity contribution in [2.75, 3.05) is 25.9 Å². The molecule has 0 aliphatic carbocycles. The number of carbonyl (C=O) groups excluding carboxylic acids is 4. The van der Waals surface area contributed by atoms with E-state index in [9.17, 15) is 27.6 Å². The van der Waals surface area contributed by atoms with Crippen LogP contribution in [0.2, 0.25) is 0 Å². The molecule has 0 bridgehead atoms. The van der Waals surface area contributed by atoms with Gasteiger partial charge in [0.25, 0.3) is 5.91 Å². The first-order valence-corrected chi connectivity index (χ1v) is 18.4. The molecule has 3 unspecified atom stereocenters. The molecule has 2 heterocycles. The zero-order valence-corrected chi connectivity index (χ0v) is 29.7. The van der Waals surface area contributed by atoms with E-state index in [2.05, 4.69) is 15.0 Å². The van der Waals surface area contributed by atoms with E-state index in [0.29, 0.717) is 45.3 Å². The highest BCUT2D eigenvalue weighted by molar-refractivity contribution is 7.88. The number of hydrogen-bond donors (Lipinski definition) is 3. The van der Waals surface area contributed by atoms with Gasteiger partial charge in [-0.1, -0.05) is 44.2 Å². The number of likely N-dealkylation sites (tertiary alicyclic amines) is 1. The lowest BCUT2D eigenvalue weighted by Gasteiger charge is -2.35. The molecule has 3 amide bonds. The quantitative estimate of drug-likeness (QED) is 0.148. The molecular weight excluding hydrogens is 640 g/mol. The molecule has 268 valence electrons. The van der Waals surface area contributed by atoms with Crippen molar-refractivity contribution in [3.8, 4) is 0 Å². The fourth-order valence-electron chi connectivity index (χ4n) is 6.14. The van der Waals surface area contributed by atoms with Crippen molar-refractivity contribution in [2.45, 2.75) is 103 Å². The van der Waals surface area contributed by atoms with Gasteiger partial charge in [-0.2, -0.15) is 0 Å². The number of nitrogens with two attached hydrogens (primary N) is 1. The Hall–Kier alpha value is -3.40. The second-order valence-electron chi connectivity index (χ2n) is 13.8. The molecule has 3 rings (SSSR count). The first-order chi connectivity index (χ1) is 22.4. The summed E-state index contributed by atoms with van der Waals surface area (Å²) in [5.74, 6) is 5.18. The normalized spacial score (nSPS) is 22.0. The Morgan fingerprint density at radius 3 is 2.42 bits per heavy atom. The van der Waals surface area contributed by atoms with Gasteiger partial charge in [0.15, 0.2) is 0 Å². The van der Waals surface area contributed by atoms with Gasteiger partial charge in [0.2, 0.25) is 21.8 Å². The number of aliphatic imine (C=N–C) groups is 1. The topological polar surface area (TPSA) is 190 Å². The van der Waals surface area contributed by atoms with Crippen LogP contribution < -0.4 is 15.9 Å². The van der Waals surface area contributed by atoms with Crippen molar-refractivity contribution in [1.82, 2.24) is 19.9 Å². The second kappa shape index (κ2) is 17.3. The maximum Gasteiger partial charge on any atom is 0.508 e. The van der Waals surface area contributed by atoms with Gasteiger partial charge in [0, 0.05) is 31.3 Å². The minimum Gasteiger partial charge on any atom is -0.432 e. The van der Waals surface area contributed by atoms with E-state index in [4.69, 9.17) is 15.3 Å². The maximum atomic E-state index is 13.6. The van der Waals surface area contributed by atoms with Crippen molar-refractivity contribution in [2.24, 2.45) is 22.2 Å². The first kappa shape index (κ1) is 39.0. The van der Waals surface area contributed by atoms with Crippen LogP contribution in [-0.2, 0) is 40.3 Å². The fourth-order valence-corrected chi connectivity index (χ4v) is 6.84. The predicted molar refractivity (Wildman–Crippen MR) is 181 cm³/mol. The Kier molecular flexibility index (Phi) is 14.1. The van der Waals surface area contributed by atoms with Gasteiger partial charge in [-0.15, -0.1) is 0 Å². The molecule has 5 atom stereocenters. The molecule has 0 saturated carbocycles. The smallest absolute Gasteiger partial charge is 0.432 e. The van der Waals surface area contributed by atoms with Gasteiger partial charge in [0.05, 0.1) is 18.4 Å². The molecular formula is C33H52N6O8S. The number of hydrogen-bond acceptors (Lipinski definition) is 10. The summed E-state index contributed by atoms with van der Waals surface area (Å²) in [6.07, 6.45) is 3.68. The molecule has 2 saturated heterocycles. The van der Waals surface area contributed by atoms with Crippen molar-refractivity contribution >= 4 is 40.1 Å². The number of sulfonamides is 1. The molecule has 0 spiro atoms. The van der Waals surface area contributed by atoms with Crippen LogP contribution in [0.3, 0.4) is 0 Å². The third-order valence-electron chi connectivity index (χ3n) is 8.51. The average molecular weight is 693 g/mol. The lowest BCUT2D eigenvalue weighted by Crippen LogP contribution is -2.55. The Morgan fingerprint density at radius 2 is 1.77 bits per heavy atom. The van der Waals surface area contributed by atoms with Gasteiger partial charge in [-0.05, 0) is 70.8 Å². The zero-order chi connectivity index (χ0) is 35.6. The number of hydrazine groups is 1. The van der Waals surface area contributed by atoms with Crippen molar-refractivity contribution < 1.29 is 37.1 Å². The molecule has 2 aliphatic rings. The largest absolute Gasteiger partial charge is 0.508 e. The van der Waals surface area contributed by atoms with Crippen LogP contribution >= 0.6 is 0 Å². The van der Waals surface area contributed by atoms with Crippen molar-refractivity contribution in [3.05, 3.63) is 35.9 Å². The Labute approximate surface area is 284 Å². The second-order valence-corrected chi connectivity index (χ2v) is 15.6. The standard InChI is InChI=1S/C33H52N6O8S/c1-22(2)46-32(43)47-23(3)19-33(4,5)31(42)36-21-26-17-25(14-16-39(26)34)20-35-29(40)28-13-10-15-38(28)30(41)27(37-48(6,44)45)18-24-11-8-7-9-12-24/h7-9,11-12,21-23,25-28,37H,10,13-20,34H2,1-6H3,(H,35,40)/t23?,25?,26?,27-,28+/m1/s1. The van der Waals surface area contributed by atoms with Gasteiger partial charge < -0.3 is 19.7 Å². The highest BCUT2D eigenvalue weighted by Crippen LogP contribution is 2.27. The fraction of sp³-hybridized carbons (Fsp3) is 0.667. The van der Waals surface area contributed by atoms with Gasteiger partial charge in [0.1, 0.15) is 18.2 Å². The van der Waals surface area contributed by atoms with E-state index < -0.39 is 45.7 Å². The summed E-state index contributed by atoms with van der Waals surface area (Å²) in [7, 11) is -3.69. The van der Waals surface area contributed by atoms with E-state index in [1.165, 1.54) is 11.1 Å². The minimum atomic E-state index is -3.69. The monoisotopic (exact) mass is 692 g/mol. The van der Waals surface area contributed by atoms with Crippen LogP contribution in [-0.4, -0.2) is 105 Å². The molecule has 0 aromatic heterocycles. The molecule has 4 N–H and O–H groups in total. The summed E-state index contributed by atoms with van der Waals surface area (Å²) in [6.45, 7) is 9.84. The van der Waals surface area contributed by atoms with Gasteiger partial charge in [-0.3, -0.25) is 20.2 Å². The van der Waals surface area contributed by atoms with Crippen LogP contribution in [0.4, 0.5) is 4.79 Å². The molecule has 0 radical (unpaired) electrons. The lowest BCUT2D eigenvalue weighted by atomic mass is 9.86. The summed E-state index contributed by atoms with van der Waals surface area (Å²) in [4.78, 5) is 57.5. The highest BCUT2D eigenvalue weighted by atomic mass is 32.2. The summed E-state index contributed by atoms with van der Waals surface area (Å²) >= 11 is 0. The molecule has 14 nitrogen and oxygen atoms in total. The summed E-state index contributed by atoms with van der Waals surface area (Å²) in [5.41, 5.74) is -0.106. The number of rotatable bonds is 14. The predicted octanol–water partition coefficient (Wildman–Crippen LogP) is 2.17. The summed E-state index contributed by atoms with van der Waals surface area (Å²) < 4.78 is 36.9. The van der Waals surface area contributed by atoms with Crippen LogP contribution in [0, 0.1) is 11.3 Å². The van der Waals surface area contributed by atoms with Crippen molar-refractivity contribution in [1.29, 1.82) is 0 Å². The zero-order valence-electron chi connectivity index (χ0n) is 28.9. The number of piperidine rings is 1. The number of nitrogens with zero attached hydrogens (tertiary/aromatic N) is 3. The van der Waals surface area contributed by atoms with Crippen LogP contribution in [0.15, 0.2) is 35.3 Å². The third-order valence-corrected chi connectivity index (χ3v) is 9.22. The molecule has 1 aromatic carbocycles. The molecule has 15 heteroatoms. The number of benzene rings is 1. The number of nitrogens with one attached hydrogen (secondary N) is 2. The number of carbonyl (C=O) groups is 4. The van der Waals surface area contributed by atoms with Crippen LogP contribution in [0.5, 0.6) is 0 Å². The number of ether oxygens (including phenoxy) is 2. The summed E-state index contributed by atoms with van der Waals surface area (Å²) in [5, 5.41) is 4.62. The Morgan fingerprint density at radius 1 is 1.08 bits per heavy atom. The molecule has 1 aromatic rings. The molecule has 2 fully saturated rings. The molecule has 2 aliphatic heterocycles. The number of amides is 3. The highest BCUT2D eigenvalue weighted by Gasteiger charge is 2.38. The van der Waals surface area contributed by atoms with E-state index in [1.54, 1.807) is 39.6 Å². The van der Waals surface area contributed by atoms with E-state index >= 15 is 0 Å². The summed E-state index contributed by atoms with van der Waals surface area (Å²) in [6, 6.07) is 7.06. The van der Waals surface area contributed by atoms with Crippen LogP contribution in [0.25, 0.3) is 0 Å². The van der Waals surface area contributed by atoms with E-state index in [0.717, 1.165) is 11.8 Å². The Balaban J connectivity index is 1.56. The maximum absolute atomic E-state index is 13.6. The first-order valence-electron chi connectivity index (χ1n) is 16.5. The Bertz CT molecular complexity index is 1400. The molecule has 48 heavy (non-hydrogen) atoms. The lowest BCUT2D eigenvalue weighted by molar-refractivity contribution is -0.139.